The molecule has 0 heterocycles. The first-order chi connectivity index (χ1) is 10.1. The highest BCUT2D eigenvalue weighted by Crippen LogP contribution is 2.20. The number of hydrogen-bond donors (Lipinski definition) is 2. The molecular formula is C16H18N2O2S. The molecule has 2 aromatic rings. The number of nitrogens with one attached hydrogen (secondary N) is 2. The molecule has 21 heavy (non-hydrogen) atoms. The van der Waals surface area contributed by atoms with Gasteiger partial charge in [0.05, 0.1) is 4.90 Å². The number of anilines is 1. The Morgan fingerprint density at radius 2 is 1.62 bits per heavy atom. The van der Waals surface area contributed by atoms with Gasteiger partial charge in [-0.25, -0.2) is 8.42 Å². The van der Waals surface area contributed by atoms with Crippen molar-refractivity contribution in [2.45, 2.75) is 30.3 Å². The van der Waals surface area contributed by atoms with Gasteiger partial charge in [-0.2, -0.15) is 0 Å². The summed E-state index contributed by atoms with van der Waals surface area (Å²) < 4.78 is 27.1. The van der Waals surface area contributed by atoms with Gasteiger partial charge in [-0.15, -0.1) is 0 Å². The van der Waals surface area contributed by atoms with Crippen LogP contribution in [-0.2, 0) is 16.6 Å². The minimum absolute atomic E-state index is 0.279. The summed E-state index contributed by atoms with van der Waals surface area (Å²) in [5, 5.41) is 3.41. The topological polar surface area (TPSA) is 58.2 Å². The molecule has 0 bridgehead atoms. The normalized spacial score (nSPS) is 14.9. The summed E-state index contributed by atoms with van der Waals surface area (Å²) in [6.45, 7) is 0.789. The third kappa shape index (κ3) is 3.83. The molecule has 0 aliphatic heterocycles. The Kier molecular flexibility index (Phi) is 3.94. The largest absolute Gasteiger partial charge is 0.310 e. The van der Waals surface area contributed by atoms with Gasteiger partial charge in [-0.05, 0) is 42.7 Å². The SMILES string of the molecule is O=S(=O)(Nc1ccccc1)c1ccc(CNC2CC2)cc1. The van der Waals surface area contributed by atoms with Crippen LogP contribution in [0.15, 0.2) is 59.5 Å². The quantitative estimate of drug-likeness (QED) is 0.862. The van der Waals surface area contributed by atoms with E-state index < -0.39 is 10.0 Å². The summed E-state index contributed by atoms with van der Waals surface area (Å²) in [5.41, 5.74) is 1.66. The first-order valence-corrected chi connectivity index (χ1v) is 8.52. The molecule has 0 saturated heterocycles. The minimum atomic E-state index is -3.52. The second kappa shape index (κ2) is 5.87. The fourth-order valence-electron chi connectivity index (χ4n) is 2.06. The predicted molar refractivity (Wildman–Crippen MR) is 83.6 cm³/mol. The smallest absolute Gasteiger partial charge is 0.261 e. The lowest BCUT2D eigenvalue weighted by molar-refractivity contribution is 0.601. The molecule has 5 heteroatoms. The van der Waals surface area contributed by atoms with Crippen molar-refractivity contribution >= 4 is 15.7 Å². The molecule has 1 fully saturated rings. The molecule has 0 atom stereocenters. The molecule has 3 rings (SSSR count). The predicted octanol–water partition coefficient (Wildman–Crippen LogP) is 2.74. The van der Waals surface area contributed by atoms with Gasteiger partial charge >= 0.3 is 0 Å². The maximum Gasteiger partial charge on any atom is 0.261 e. The Morgan fingerprint density at radius 1 is 0.952 bits per heavy atom. The number of rotatable bonds is 6. The van der Waals surface area contributed by atoms with Gasteiger partial charge in [-0.1, -0.05) is 30.3 Å². The van der Waals surface area contributed by atoms with E-state index >= 15 is 0 Å². The maximum absolute atomic E-state index is 12.3. The Morgan fingerprint density at radius 3 is 2.24 bits per heavy atom. The van der Waals surface area contributed by atoms with Gasteiger partial charge in [0.1, 0.15) is 0 Å². The number of hydrogen-bond acceptors (Lipinski definition) is 3. The molecule has 4 nitrogen and oxygen atoms in total. The van der Waals surface area contributed by atoms with E-state index in [2.05, 4.69) is 10.0 Å². The van der Waals surface area contributed by atoms with E-state index in [9.17, 15) is 8.42 Å². The molecule has 0 unspecified atom stereocenters. The molecule has 0 spiro atoms. The summed E-state index contributed by atoms with van der Waals surface area (Å²) in [7, 11) is -3.52. The van der Waals surface area contributed by atoms with Crippen LogP contribution in [0.1, 0.15) is 18.4 Å². The Bertz CT molecular complexity index is 693. The van der Waals surface area contributed by atoms with Gasteiger partial charge in [0.15, 0.2) is 0 Å². The van der Waals surface area contributed by atoms with Gasteiger partial charge in [0, 0.05) is 18.3 Å². The van der Waals surface area contributed by atoms with Crippen molar-refractivity contribution < 1.29 is 8.42 Å². The molecule has 1 aliphatic carbocycles. The van der Waals surface area contributed by atoms with Crippen molar-refractivity contribution in [3.63, 3.8) is 0 Å². The first-order valence-electron chi connectivity index (χ1n) is 7.04. The molecule has 0 aromatic heterocycles. The zero-order valence-corrected chi connectivity index (χ0v) is 12.4. The van der Waals surface area contributed by atoms with E-state index in [4.69, 9.17) is 0 Å². The van der Waals surface area contributed by atoms with E-state index in [1.807, 2.05) is 18.2 Å². The van der Waals surface area contributed by atoms with E-state index in [-0.39, 0.29) is 4.90 Å². The standard InChI is InChI=1S/C16H18N2O2S/c19-21(20,18-15-4-2-1-3-5-15)16-10-6-13(7-11-16)12-17-14-8-9-14/h1-7,10-11,14,17-18H,8-9,12H2. The average molecular weight is 302 g/mol. The van der Waals surface area contributed by atoms with Crippen LogP contribution in [0.2, 0.25) is 0 Å². The Hall–Kier alpha value is -1.85. The molecule has 0 radical (unpaired) electrons. The lowest BCUT2D eigenvalue weighted by atomic mass is 10.2. The van der Waals surface area contributed by atoms with Crippen LogP contribution in [0.5, 0.6) is 0 Å². The number of benzene rings is 2. The number of sulfonamides is 1. The fraction of sp³-hybridized carbons (Fsp3) is 0.250. The highest BCUT2D eigenvalue weighted by atomic mass is 32.2. The van der Waals surface area contributed by atoms with Crippen LogP contribution in [-0.4, -0.2) is 14.5 Å². The highest BCUT2D eigenvalue weighted by molar-refractivity contribution is 7.92. The van der Waals surface area contributed by atoms with E-state index in [1.165, 1.54) is 12.8 Å². The average Bonchev–Trinajstić information content (AvgIpc) is 3.30. The van der Waals surface area contributed by atoms with Crippen LogP contribution >= 0.6 is 0 Å². The van der Waals surface area contributed by atoms with Crippen molar-refractivity contribution in [1.82, 2.24) is 5.32 Å². The summed E-state index contributed by atoms with van der Waals surface area (Å²) in [6.07, 6.45) is 2.49. The molecule has 110 valence electrons. The van der Waals surface area contributed by atoms with E-state index in [0.29, 0.717) is 11.7 Å². The summed E-state index contributed by atoms with van der Waals surface area (Å²) in [5.74, 6) is 0. The summed E-state index contributed by atoms with van der Waals surface area (Å²) in [4.78, 5) is 0.279. The fourth-order valence-corrected chi connectivity index (χ4v) is 3.11. The van der Waals surface area contributed by atoms with Crippen molar-refractivity contribution in [3.8, 4) is 0 Å². The van der Waals surface area contributed by atoms with E-state index in [0.717, 1.165) is 12.1 Å². The van der Waals surface area contributed by atoms with Gasteiger partial charge in [0.25, 0.3) is 10.0 Å². The van der Waals surface area contributed by atoms with Crippen molar-refractivity contribution in [3.05, 3.63) is 60.2 Å². The molecule has 2 aromatic carbocycles. The molecular weight excluding hydrogens is 284 g/mol. The van der Waals surface area contributed by atoms with Crippen LogP contribution in [0, 0.1) is 0 Å². The summed E-state index contributed by atoms with van der Waals surface area (Å²) in [6, 6.07) is 16.5. The molecule has 2 N–H and O–H groups in total. The zero-order valence-electron chi connectivity index (χ0n) is 11.6. The van der Waals surface area contributed by atoms with Crippen LogP contribution in [0.4, 0.5) is 5.69 Å². The van der Waals surface area contributed by atoms with Crippen LogP contribution in [0.3, 0.4) is 0 Å². The van der Waals surface area contributed by atoms with E-state index in [1.54, 1.807) is 36.4 Å². The lowest BCUT2D eigenvalue weighted by Crippen LogP contribution is -2.16. The van der Waals surface area contributed by atoms with Gasteiger partial charge in [0.2, 0.25) is 0 Å². The third-order valence-corrected chi connectivity index (χ3v) is 4.83. The highest BCUT2D eigenvalue weighted by Gasteiger charge is 2.20. The Labute approximate surface area is 125 Å². The number of para-hydroxylation sites is 1. The van der Waals surface area contributed by atoms with Gasteiger partial charge in [-0.3, -0.25) is 4.72 Å². The summed E-state index contributed by atoms with van der Waals surface area (Å²) >= 11 is 0. The molecule has 1 aliphatic rings. The molecule has 0 amide bonds. The van der Waals surface area contributed by atoms with Crippen molar-refractivity contribution in [2.75, 3.05) is 4.72 Å². The first kappa shape index (κ1) is 14.1. The van der Waals surface area contributed by atoms with Crippen molar-refractivity contribution in [2.24, 2.45) is 0 Å². The third-order valence-electron chi connectivity index (χ3n) is 3.43. The minimum Gasteiger partial charge on any atom is -0.310 e. The van der Waals surface area contributed by atoms with Crippen LogP contribution < -0.4 is 10.0 Å². The second-order valence-electron chi connectivity index (χ2n) is 5.27. The molecule has 1 saturated carbocycles. The lowest BCUT2D eigenvalue weighted by Gasteiger charge is -2.09. The van der Waals surface area contributed by atoms with Crippen LogP contribution in [0.25, 0.3) is 0 Å². The monoisotopic (exact) mass is 302 g/mol. The Balaban J connectivity index is 1.69. The second-order valence-corrected chi connectivity index (χ2v) is 6.95. The van der Waals surface area contributed by atoms with Gasteiger partial charge < -0.3 is 5.32 Å². The maximum atomic E-state index is 12.3. The zero-order chi connectivity index (χ0) is 14.7. The van der Waals surface area contributed by atoms with Crippen molar-refractivity contribution in [1.29, 1.82) is 0 Å².